The van der Waals surface area contributed by atoms with Gasteiger partial charge in [0.15, 0.2) is 0 Å². The highest BCUT2D eigenvalue weighted by atomic mass is 16.2. The molecule has 0 atom stereocenters. The van der Waals surface area contributed by atoms with Crippen molar-refractivity contribution in [1.82, 2.24) is 4.90 Å². The number of hydrogen-bond acceptors (Lipinski definition) is 2. The number of amides is 1. The number of aryl methyl sites for hydroxylation is 2. The first kappa shape index (κ1) is 15.2. The molecule has 0 aliphatic carbocycles. The fraction of sp³-hybridized carbons (Fsp3) is 0.500. The summed E-state index contributed by atoms with van der Waals surface area (Å²) in [5.41, 5.74) is 6.54. The minimum absolute atomic E-state index is 0.0404. The third kappa shape index (κ3) is 3.57. The van der Waals surface area contributed by atoms with E-state index in [0.29, 0.717) is 6.54 Å². The zero-order chi connectivity index (χ0) is 14.6. The lowest BCUT2D eigenvalue weighted by Crippen LogP contribution is -2.28. The van der Waals surface area contributed by atoms with E-state index >= 15 is 0 Å². The van der Waals surface area contributed by atoms with Crippen LogP contribution in [0.2, 0.25) is 0 Å². The predicted octanol–water partition coefficient (Wildman–Crippen LogP) is 2.83. The molecule has 1 rings (SSSR count). The quantitative estimate of drug-likeness (QED) is 0.833. The van der Waals surface area contributed by atoms with Crippen LogP contribution in [0.15, 0.2) is 6.07 Å². The molecular formula is C16H22N2O. The van der Waals surface area contributed by atoms with Crippen molar-refractivity contribution in [2.75, 3.05) is 13.6 Å². The lowest BCUT2D eigenvalue weighted by atomic mass is 9.92. The number of rotatable bonds is 4. The molecule has 19 heavy (non-hydrogen) atoms. The standard InChI is InChI=1S/C16H22N2O/c1-11-10-12(2)14(4)15(13(11)3)7-9-18(5)16(19)6-8-17/h10H,6-7,9H2,1-5H3. The van der Waals surface area contributed by atoms with Gasteiger partial charge in [-0.05, 0) is 61.9 Å². The Bertz CT molecular complexity index is 500. The molecule has 0 saturated carbocycles. The van der Waals surface area contributed by atoms with Gasteiger partial charge in [0.05, 0.1) is 6.07 Å². The van der Waals surface area contributed by atoms with Gasteiger partial charge in [-0.15, -0.1) is 0 Å². The summed E-state index contributed by atoms with van der Waals surface area (Å²) in [4.78, 5) is 13.2. The topological polar surface area (TPSA) is 44.1 Å². The maximum Gasteiger partial charge on any atom is 0.236 e. The van der Waals surface area contributed by atoms with Crippen molar-refractivity contribution in [2.45, 2.75) is 40.5 Å². The van der Waals surface area contributed by atoms with Crippen molar-refractivity contribution in [3.8, 4) is 6.07 Å². The number of carbonyl (C=O) groups is 1. The Morgan fingerprint density at radius 3 is 2.21 bits per heavy atom. The van der Waals surface area contributed by atoms with Gasteiger partial charge in [0, 0.05) is 13.6 Å². The average Bonchev–Trinajstić information content (AvgIpc) is 2.36. The summed E-state index contributed by atoms with van der Waals surface area (Å²) in [6.45, 7) is 9.17. The van der Waals surface area contributed by atoms with Crippen molar-refractivity contribution >= 4 is 5.91 Å². The summed E-state index contributed by atoms with van der Waals surface area (Å²) in [5, 5.41) is 8.53. The number of benzene rings is 1. The van der Waals surface area contributed by atoms with Crippen LogP contribution in [-0.4, -0.2) is 24.4 Å². The SMILES string of the molecule is Cc1cc(C)c(C)c(CCN(C)C(=O)CC#N)c1C. The van der Waals surface area contributed by atoms with Gasteiger partial charge in [-0.3, -0.25) is 4.79 Å². The van der Waals surface area contributed by atoms with Crippen molar-refractivity contribution in [3.05, 3.63) is 33.9 Å². The first-order valence-corrected chi connectivity index (χ1v) is 6.55. The predicted molar refractivity (Wildman–Crippen MR) is 77.0 cm³/mol. The second kappa shape index (κ2) is 6.38. The molecule has 1 aromatic carbocycles. The normalized spacial score (nSPS) is 10.1. The van der Waals surface area contributed by atoms with Crippen molar-refractivity contribution in [2.24, 2.45) is 0 Å². The van der Waals surface area contributed by atoms with E-state index in [1.165, 1.54) is 27.8 Å². The fourth-order valence-corrected chi connectivity index (χ4v) is 2.28. The molecule has 0 aliphatic heterocycles. The Balaban J connectivity index is 2.84. The van der Waals surface area contributed by atoms with E-state index in [-0.39, 0.29) is 12.3 Å². The Hall–Kier alpha value is -1.82. The number of carbonyl (C=O) groups excluding carboxylic acids is 1. The first-order chi connectivity index (χ1) is 8.88. The summed E-state index contributed by atoms with van der Waals surface area (Å²) in [6, 6.07) is 4.10. The monoisotopic (exact) mass is 258 g/mol. The van der Waals surface area contributed by atoms with Crippen LogP contribution in [-0.2, 0) is 11.2 Å². The molecule has 0 bridgehead atoms. The van der Waals surface area contributed by atoms with Gasteiger partial charge in [-0.25, -0.2) is 0 Å². The Morgan fingerprint density at radius 2 is 1.74 bits per heavy atom. The second-order valence-electron chi connectivity index (χ2n) is 5.14. The molecule has 0 radical (unpaired) electrons. The first-order valence-electron chi connectivity index (χ1n) is 6.55. The van der Waals surface area contributed by atoms with E-state index in [9.17, 15) is 4.79 Å². The highest BCUT2D eigenvalue weighted by molar-refractivity contribution is 5.77. The van der Waals surface area contributed by atoms with E-state index < -0.39 is 0 Å². The van der Waals surface area contributed by atoms with Gasteiger partial charge in [-0.1, -0.05) is 6.07 Å². The van der Waals surface area contributed by atoms with Crippen LogP contribution in [0.25, 0.3) is 0 Å². The molecule has 1 amide bonds. The summed E-state index contributed by atoms with van der Waals surface area (Å²) >= 11 is 0. The Kier molecular flexibility index (Phi) is 5.11. The third-order valence-corrected chi connectivity index (χ3v) is 3.87. The molecule has 0 spiro atoms. The summed E-state index contributed by atoms with van der Waals surface area (Å²) in [7, 11) is 1.76. The molecule has 0 N–H and O–H groups in total. The Morgan fingerprint density at radius 1 is 1.21 bits per heavy atom. The molecule has 0 saturated heterocycles. The van der Waals surface area contributed by atoms with Gasteiger partial charge < -0.3 is 4.90 Å². The second-order valence-corrected chi connectivity index (χ2v) is 5.14. The van der Waals surface area contributed by atoms with Crippen molar-refractivity contribution in [3.63, 3.8) is 0 Å². The van der Waals surface area contributed by atoms with E-state index in [1.807, 2.05) is 6.07 Å². The van der Waals surface area contributed by atoms with Gasteiger partial charge in [0.25, 0.3) is 0 Å². The molecule has 0 aliphatic rings. The minimum Gasteiger partial charge on any atom is -0.345 e. The molecule has 0 unspecified atom stereocenters. The van der Waals surface area contributed by atoms with Crippen LogP contribution in [0.1, 0.15) is 34.2 Å². The van der Waals surface area contributed by atoms with Crippen LogP contribution in [0.3, 0.4) is 0 Å². The zero-order valence-corrected chi connectivity index (χ0v) is 12.5. The molecular weight excluding hydrogens is 236 g/mol. The van der Waals surface area contributed by atoms with E-state index in [0.717, 1.165) is 6.42 Å². The van der Waals surface area contributed by atoms with Crippen LogP contribution < -0.4 is 0 Å². The zero-order valence-electron chi connectivity index (χ0n) is 12.5. The Labute approximate surface area is 115 Å². The third-order valence-electron chi connectivity index (χ3n) is 3.87. The molecule has 0 fully saturated rings. The van der Waals surface area contributed by atoms with Crippen LogP contribution >= 0.6 is 0 Å². The molecule has 3 nitrogen and oxygen atoms in total. The number of likely N-dealkylation sites (N-methyl/N-ethyl adjacent to an activating group) is 1. The van der Waals surface area contributed by atoms with E-state index in [1.54, 1.807) is 11.9 Å². The van der Waals surface area contributed by atoms with Gasteiger partial charge >= 0.3 is 0 Å². The maximum absolute atomic E-state index is 11.6. The molecule has 102 valence electrons. The molecule has 1 aromatic rings. The number of nitriles is 1. The van der Waals surface area contributed by atoms with Crippen molar-refractivity contribution in [1.29, 1.82) is 5.26 Å². The van der Waals surface area contributed by atoms with Gasteiger partial charge in [0.1, 0.15) is 6.42 Å². The van der Waals surface area contributed by atoms with Crippen LogP contribution in [0, 0.1) is 39.0 Å². The molecule has 3 heteroatoms. The number of nitrogens with zero attached hydrogens (tertiary/aromatic N) is 2. The van der Waals surface area contributed by atoms with Crippen LogP contribution in [0.4, 0.5) is 0 Å². The minimum atomic E-state index is -0.109. The fourth-order valence-electron chi connectivity index (χ4n) is 2.28. The summed E-state index contributed by atoms with van der Waals surface area (Å²) in [6.07, 6.45) is 0.801. The van der Waals surface area contributed by atoms with Crippen molar-refractivity contribution < 1.29 is 4.79 Å². The lowest BCUT2D eigenvalue weighted by molar-refractivity contribution is -0.128. The lowest BCUT2D eigenvalue weighted by Gasteiger charge is -2.19. The largest absolute Gasteiger partial charge is 0.345 e. The molecule has 0 heterocycles. The maximum atomic E-state index is 11.6. The van der Waals surface area contributed by atoms with Gasteiger partial charge in [-0.2, -0.15) is 5.26 Å². The number of hydrogen-bond donors (Lipinski definition) is 0. The summed E-state index contributed by atoms with van der Waals surface area (Å²) in [5.74, 6) is -0.109. The van der Waals surface area contributed by atoms with E-state index in [2.05, 4.69) is 33.8 Å². The van der Waals surface area contributed by atoms with E-state index in [4.69, 9.17) is 5.26 Å². The highest BCUT2D eigenvalue weighted by Crippen LogP contribution is 2.22. The highest BCUT2D eigenvalue weighted by Gasteiger charge is 2.12. The smallest absolute Gasteiger partial charge is 0.236 e. The molecule has 0 aromatic heterocycles. The average molecular weight is 258 g/mol. The van der Waals surface area contributed by atoms with Gasteiger partial charge in [0.2, 0.25) is 5.91 Å². The van der Waals surface area contributed by atoms with Crippen LogP contribution in [0.5, 0.6) is 0 Å². The summed E-state index contributed by atoms with van der Waals surface area (Å²) < 4.78 is 0.